The van der Waals surface area contributed by atoms with Crippen molar-refractivity contribution in [2.75, 3.05) is 18.6 Å². The number of nitrogens with one attached hydrogen (secondary N) is 1. The van der Waals surface area contributed by atoms with Crippen LogP contribution in [0.15, 0.2) is 36.5 Å². The molecule has 1 aliphatic heterocycles. The molecule has 1 N–H and O–H groups in total. The van der Waals surface area contributed by atoms with Crippen LogP contribution in [0.1, 0.15) is 12.0 Å². The topological polar surface area (TPSA) is 71.5 Å². The maximum absolute atomic E-state index is 13.4. The summed E-state index contributed by atoms with van der Waals surface area (Å²) in [5, 5.41) is 2.74. The molecule has 2 heterocycles. The minimum absolute atomic E-state index is 0.0197. The molecule has 0 radical (unpaired) electrons. The van der Waals surface area contributed by atoms with E-state index in [1.54, 1.807) is 18.3 Å². The van der Waals surface area contributed by atoms with Crippen molar-refractivity contribution in [1.82, 2.24) is 10.3 Å². The van der Waals surface area contributed by atoms with Gasteiger partial charge in [0.05, 0.1) is 13.0 Å². The van der Waals surface area contributed by atoms with Gasteiger partial charge in [-0.25, -0.2) is 13.8 Å². The number of nitrogens with zero attached hydrogens (tertiary/aromatic N) is 2. The molecule has 1 atom stereocenters. The number of anilines is 1. The minimum atomic E-state index is -0.774. The molecule has 3 rings (SSSR count). The van der Waals surface area contributed by atoms with E-state index < -0.39 is 17.6 Å². The molecule has 6 nitrogen and oxygen atoms in total. The Bertz CT molecular complexity index is 824. The number of aromatic nitrogens is 1. The quantitative estimate of drug-likeness (QED) is 0.885. The third-order valence-electron chi connectivity index (χ3n) is 4.15. The van der Waals surface area contributed by atoms with E-state index in [2.05, 4.69) is 10.3 Å². The zero-order valence-corrected chi connectivity index (χ0v) is 14.0. The SMILES string of the molecule is COc1ncccc1CNC(=O)[C@H]1CC(=O)N(c2cc(F)cc(F)c2)C1. The van der Waals surface area contributed by atoms with E-state index >= 15 is 0 Å². The molecule has 2 aromatic rings. The van der Waals surface area contributed by atoms with Gasteiger partial charge in [0, 0.05) is 43.0 Å². The Labute approximate surface area is 148 Å². The number of halogens is 2. The predicted molar refractivity (Wildman–Crippen MR) is 89.5 cm³/mol. The number of amides is 2. The lowest BCUT2D eigenvalue weighted by Gasteiger charge is -2.17. The van der Waals surface area contributed by atoms with Gasteiger partial charge < -0.3 is 15.0 Å². The summed E-state index contributed by atoms with van der Waals surface area (Å²) in [4.78, 5) is 29.8. The fourth-order valence-electron chi connectivity index (χ4n) is 2.90. The second kappa shape index (κ2) is 7.47. The first kappa shape index (κ1) is 17.8. The highest BCUT2D eigenvalue weighted by molar-refractivity contribution is 6.00. The Morgan fingerprint density at radius 3 is 2.77 bits per heavy atom. The first-order valence-electron chi connectivity index (χ1n) is 8.00. The van der Waals surface area contributed by atoms with Crippen molar-refractivity contribution in [3.63, 3.8) is 0 Å². The fourth-order valence-corrected chi connectivity index (χ4v) is 2.90. The normalized spacial score (nSPS) is 16.7. The zero-order valence-electron chi connectivity index (χ0n) is 14.0. The number of methoxy groups -OCH3 is 1. The van der Waals surface area contributed by atoms with Gasteiger partial charge in [0.2, 0.25) is 17.7 Å². The lowest BCUT2D eigenvalue weighted by atomic mass is 10.1. The van der Waals surface area contributed by atoms with Crippen LogP contribution in [0.3, 0.4) is 0 Å². The summed E-state index contributed by atoms with van der Waals surface area (Å²) in [6.45, 7) is 0.271. The third kappa shape index (κ3) is 3.79. The summed E-state index contributed by atoms with van der Waals surface area (Å²) in [5.74, 6) is -2.41. The maximum atomic E-state index is 13.4. The monoisotopic (exact) mass is 361 g/mol. The Morgan fingerprint density at radius 2 is 2.08 bits per heavy atom. The Balaban J connectivity index is 1.65. The van der Waals surface area contributed by atoms with Crippen LogP contribution in [0.25, 0.3) is 0 Å². The van der Waals surface area contributed by atoms with Gasteiger partial charge in [-0.3, -0.25) is 9.59 Å². The van der Waals surface area contributed by atoms with Crippen LogP contribution in [0.5, 0.6) is 5.88 Å². The van der Waals surface area contributed by atoms with Crippen LogP contribution in [0, 0.1) is 17.6 Å². The molecule has 0 spiro atoms. The molecule has 1 aliphatic rings. The van der Waals surface area contributed by atoms with Crippen LogP contribution in [-0.4, -0.2) is 30.5 Å². The molecule has 1 fully saturated rings. The Kier molecular flexibility index (Phi) is 5.11. The summed E-state index contributed by atoms with van der Waals surface area (Å²) in [6, 6.07) is 6.37. The molecular formula is C18H17F2N3O3. The number of benzene rings is 1. The van der Waals surface area contributed by atoms with Crippen molar-refractivity contribution in [2.24, 2.45) is 5.92 Å². The second-order valence-electron chi connectivity index (χ2n) is 5.92. The standard InChI is InChI=1S/C18H17F2N3O3/c1-26-18-11(3-2-4-21-18)9-22-17(25)12-5-16(24)23(10-12)15-7-13(19)6-14(20)8-15/h2-4,6-8,12H,5,9-10H2,1H3,(H,22,25)/t12-/m0/s1. The van der Waals surface area contributed by atoms with Gasteiger partial charge in [0.25, 0.3) is 0 Å². The highest BCUT2D eigenvalue weighted by Crippen LogP contribution is 2.27. The molecule has 26 heavy (non-hydrogen) atoms. The smallest absolute Gasteiger partial charge is 0.227 e. The zero-order chi connectivity index (χ0) is 18.7. The number of carbonyl (C=O) groups is 2. The molecular weight excluding hydrogens is 344 g/mol. The number of ether oxygens (including phenoxy) is 1. The molecule has 136 valence electrons. The van der Waals surface area contributed by atoms with E-state index in [1.165, 1.54) is 12.0 Å². The van der Waals surface area contributed by atoms with Crippen molar-refractivity contribution >= 4 is 17.5 Å². The first-order valence-corrected chi connectivity index (χ1v) is 8.00. The number of hydrogen-bond donors (Lipinski definition) is 1. The lowest BCUT2D eigenvalue weighted by Crippen LogP contribution is -2.32. The fraction of sp³-hybridized carbons (Fsp3) is 0.278. The van der Waals surface area contributed by atoms with Crippen LogP contribution in [-0.2, 0) is 16.1 Å². The van der Waals surface area contributed by atoms with Gasteiger partial charge in [-0.2, -0.15) is 0 Å². The summed E-state index contributed by atoms with van der Waals surface area (Å²) in [6.07, 6.45) is 1.56. The van der Waals surface area contributed by atoms with E-state index in [4.69, 9.17) is 4.74 Å². The van der Waals surface area contributed by atoms with Crippen molar-refractivity contribution < 1.29 is 23.1 Å². The minimum Gasteiger partial charge on any atom is -0.481 e. The Hall–Kier alpha value is -3.03. The van der Waals surface area contributed by atoms with Crippen molar-refractivity contribution in [2.45, 2.75) is 13.0 Å². The molecule has 8 heteroatoms. The van der Waals surface area contributed by atoms with Crippen molar-refractivity contribution in [3.8, 4) is 5.88 Å². The number of hydrogen-bond acceptors (Lipinski definition) is 4. The summed E-state index contributed by atoms with van der Waals surface area (Å²) in [7, 11) is 1.49. The number of carbonyl (C=O) groups excluding carboxylic acids is 2. The molecule has 1 aromatic heterocycles. The lowest BCUT2D eigenvalue weighted by molar-refractivity contribution is -0.126. The van der Waals surface area contributed by atoms with Crippen molar-refractivity contribution in [1.29, 1.82) is 0 Å². The molecule has 1 saturated heterocycles. The predicted octanol–water partition coefficient (Wildman–Crippen LogP) is 2.04. The molecule has 0 unspecified atom stereocenters. The van der Waals surface area contributed by atoms with Gasteiger partial charge >= 0.3 is 0 Å². The summed E-state index contributed by atoms with van der Waals surface area (Å²) < 4.78 is 31.9. The first-order chi connectivity index (χ1) is 12.5. The van der Waals surface area contributed by atoms with Crippen molar-refractivity contribution in [3.05, 3.63) is 53.7 Å². The third-order valence-corrected chi connectivity index (χ3v) is 4.15. The van der Waals surface area contributed by atoms with E-state index in [1.807, 2.05) is 0 Å². The van der Waals surface area contributed by atoms with E-state index in [0.717, 1.165) is 18.2 Å². The van der Waals surface area contributed by atoms with Crippen LogP contribution in [0.2, 0.25) is 0 Å². The Morgan fingerprint density at radius 1 is 1.35 bits per heavy atom. The van der Waals surface area contributed by atoms with Crippen LogP contribution >= 0.6 is 0 Å². The number of rotatable bonds is 5. The number of pyridine rings is 1. The summed E-state index contributed by atoms with van der Waals surface area (Å²) >= 11 is 0. The second-order valence-corrected chi connectivity index (χ2v) is 5.92. The maximum Gasteiger partial charge on any atom is 0.227 e. The highest BCUT2D eigenvalue weighted by Gasteiger charge is 2.35. The average Bonchev–Trinajstić information content (AvgIpc) is 3.01. The van der Waals surface area contributed by atoms with Crippen LogP contribution < -0.4 is 15.0 Å². The van der Waals surface area contributed by atoms with E-state index in [-0.39, 0.29) is 37.0 Å². The van der Waals surface area contributed by atoms with Gasteiger partial charge in [-0.05, 0) is 18.2 Å². The van der Waals surface area contributed by atoms with E-state index in [9.17, 15) is 18.4 Å². The highest BCUT2D eigenvalue weighted by atomic mass is 19.1. The molecule has 0 bridgehead atoms. The largest absolute Gasteiger partial charge is 0.481 e. The molecule has 2 amide bonds. The van der Waals surface area contributed by atoms with Gasteiger partial charge in [0.1, 0.15) is 11.6 Å². The molecule has 1 aromatic carbocycles. The van der Waals surface area contributed by atoms with E-state index in [0.29, 0.717) is 11.4 Å². The van der Waals surface area contributed by atoms with Crippen LogP contribution in [0.4, 0.5) is 14.5 Å². The summed E-state index contributed by atoms with van der Waals surface area (Å²) in [5.41, 5.74) is 0.813. The average molecular weight is 361 g/mol. The molecule has 0 saturated carbocycles. The van der Waals surface area contributed by atoms with Gasteiger partial charge in [-0.15, -0.1) is 0 Å². The van der Waals surface area contributed by atoms with Gasteiger partial charge in [0.15, 0.2) is 0 Å². The molecule has 0 aliphatic carbocycles. The van der Waals surface area contributed by atoms with Gasteiger partial charge in [-0.1, -0.05) is 6.07 Å².